The number of anilines is 1. The van der Waals surface area contributed by atoms with Crippen LogP contribution in [-0.4, -0.2) is 18.0 Å². The third-order valence-corrected chi connectivity index (χ3v) is 3.15. The molecule has 2 nitrogen and oxygen atoms in total. The summed E-state index contributed by atoms with van der Waals surface area (Å²) >= 11 is 0. The van der Waals surface area contributed by atoms with Crippen LogP contribution in [0.2, 0.25) is 0 Å². The molecular formula is C14H20N2. The van der Waals surface area contributed by atoms with Gasteiger partial charge in [-0.15, -0.1) is 0 Å². The quantitative estimate of drug-likeness (QED) is 0.608. The number of aryl methyl sites for hydroxylation is 1. The van der Waals surface area contributed by atoms with E-state index >= 15 is 0 Å². The second kappa shape index (κ2) is 4.71. The average molecular weight is 216 g/mol. The van der Waals surface area contributed by atoms with Crippen LogP contribution < -0.4 is 5.73 Å². The van der Waals surface area contributed by atoms with Gasteiger partial charge in [0.1, 0.15) is 0 Å². The van der Waals surface area contributed by atoms with Crippen LogP contribution >= 0.6 is 0 Å². The van der Waals surface area contributed by atoms with E-state index in [9.17, 15) is 0 Å². The minimum absolute atomic E-state index is 0.887. The van der Waals surface area contributed by atoms with Crippen molar-refractivity contribution in [3.8, 4) is 0 Å². The minimum Gasteiger partial charge on any atom is -0.399 e. The minimum atomic E-state index is 0.887. The van der Waals surface area contributed by atoms with Crippen molar-refractivity contribution in [3.05, 3.63) is 41.0 Å². The fraction of sp³-hybridized carbons (Fsp3) is 0.429. The highest BCUT2D eigenvalue weighted by Crippen LogP contribution is 2.16. The molecule has 1 aromatic rings. The summed E-state index contributed by atoms with van der Waals surface area (Å²) in [5.41, 5.74) is 10.7. The molecule has 0 radical (unpaired) electrons. The number of rotatable bonds is 2. The number of benzene rings is 1. The van der Waals surface area contributed by atoms with E-state index in [-0.39, 0.29) is 0 Å². The summed E-state index contributed by atoms with van der Waals surface area (Å²) in [7, 11) is 0. The van der Waals surface area contributed by atoms with Gasteiger partial charge in [0.25, 0.3) is 0 Å². The van der Waals surface area contributed by atoms with Crippen LogP contribution in [0.4, 0.5) is 5.69 Å². The molecular weight excluding hydrogens is 196 g/mol. The molecule has 0 fully saturated rings. The first-order chi connectivity index (χ1) is 7.65. The maximum absolute atomic E-state index is 5.82. The summed E-state index contributed by atoms with van der Waals surface area (Å²) < 4.78 is 0. The topological polar surface area (TPSA) is 29.3 Å². The van der Waals surface area contributed by atoms with E-state index in [2.05, 4.69) is 37.0 Å². The fourth-order valence-electron chi connectivity index (χ4n) is 2.22. The first kappa shape index (κ1) is 11.2. The zero-order chi connectivity index (χ0) is 11.5. The molecule has 0 saturated carbocycles. The Hall–Kier alpha value is -1.28. The van der Waals surface area contributed by atoms with Gasteiger partial charge in [-0.25, -0.2) is 0 Å². The molecule has 2 rings (SSSR count). The SMILES string of the molecule is CC1=CCCN(Cc2ccc(N)c(C)c2)C1. The zero-order valence-electron chi connectivity index (χ0n) is 10.2. The molecule has 0 atom stereocenters. The zero-order valence-corrected chi connectivity index (χ0v) is 10.2. The lowest BCUT2D eigenvalue weighted by Gasteiger charge is -2.26. The van der Waals surface area contributed by atoms with E-state index in [4.69, 9.17) is 5.73 Å². The monoisotopic (exact) mass is 216 g/mol. The number of nitrogens with zero attached hydrogens (tertiary/aromatic N) is 1. The highest BCUT2D eigenvalue weighted by molar-refractivity contribution is 5.47. The van der Waals surface area contributed by atoms with Crippen molar-refractivity contribution < 1.29 is 0 Å². The largest absolute Gasteiger partial charge is 0.399 e. The van der Waals surface area contributed by atoms with Gasteiger partial charge in [0.05, 0.1) is 0 Å². The van der Waals surface area contributed by atoms with Crippen LogP contribution in [-0.2, 0) is 6.54 Å². The van der Waals surface area contributed by atoms with Gasteiger partial charge in [-0.3, -0.25) is 4.90 Å². The van der Waals surface area contributed by atoms with Gasteiger partial charge in [-0.2, -0.15) is 0 Å². The maximum Gasteiger partial charge on any atom is 0.0343 e. The van der Waals surface area contributed by atoms with E-state index in [0.29, 0.717) is 0 Å². The van der Waals surface area contributed by atoms with Crippen LogP contribution in [0.25, 0.3) is 0 Å². The lowest BCUT2D eigenvalue weighted by atomic mass is 10.1. The molecule has 16 heavy (non-hydrogen) atoms. The van der Waals surface area contributed by atoms with Gasteiger partial charge in [0.2, 0.25) is 0 Å². The van der Waals surface area contributed by atoms with Crippen LogP contribution in [0.1, 0.15) is 24.5 Å². The van der Waals surface area contributed by atoms with Gasteiger partial charge in [0, 0.05) is 25.3 Å². The Kier molecular flexibility index (Phi) is 3.30. The predicted octanol–water partition coefficient (Wildman–Crippen LogP) is 2.73. The van der Waals surface area contributed by atoms with Gasteiger partial charge in [-0.05, 0) is 37.5 Å². The van der Waals surface area contributed by atoms with Gasteiger partial charge >= 0.3 is 0 Å². The standard InChI is InChI=1S/C14H20N2/c1-11-4-3-7-16(9-11)10-13-5-6-14(15)12(2)8-13/h4-6,8H,3,7,9-10,15H2,1-2H3. The molecule has 86 valence electrons. The van der Waals surface area contributed by atoms with Crippen molar-refractivity contribution in [1.82, 2.24) is 4.90 Å². The highest BCUT2D eigenvalue weighted by atomic mass is 15.1. The molecule has 0 saturated heterocycles. The lowest BCUT2D eigenvalue weighted by molar-refractivity contribution is 0.282. The second-order valence-corrected chi connectivity index (χ2v) is 4.74. The Morgan fingerprint density at radius 3 is 2.81 bits per heavy atom. The molecule has 0 spiro atoms. The lowest BCUT2D eigenvalue weighted by Crippen LogP contribution is -2.28. The van der Waals surface area contributed by atoms with Gasteiger partial charge in [-0.1, -0.05) is 23.8 Å². The van der Waals surface area contributed by atoms with E-state index in [1.165, 1.54) is 29.7 Å². The molecule has 0 aromatic heterocycles. The molecule has 2 heteroatoms. The molecule has 1 aliphatic rings. The number of hydrogen-bond donors (Lipinski definition) is 1. The van der Waals surface area contributed by atoms with Gasteiger partial charge in [0.15, 0.2) is 0 Å². The first-order valence-corrected chi connectivity index (χ1v) is 5.88. The number of hydrogen-bond acceptors (Lipinski definition) is 2. The van der Waals surface area contributed by atoms with Crippen LogP contribution in [0.5, 0.6) is 0 Å². The molecule has 0 aliphatic carbocycles. The molecule has 0 unspecified atom stereocenters. The van der Waals surface area contributed by atoms with Gasteiger partial charge < -0.3 is 5.73 Å². The van der Waals surface area contributed by atoms with Crippen molar-refractivity contribution in [3.63, 3.8) is 0 Å². The molecule has 0 amide bonds. The van der Waals surface area contributed by atoms with E-state index in [0.717, 1.165) is 18.8 Å². The molecule has 0 bridgehead atoms. The highest BCUT2D eigenvalue weighted by Gasteiger charge is 2.10. The van der Waals surface area contributed by atoms with Crippen LogP contribution in [0, 0.1) is 6.92 Å². The van der Waals surface area contributed by atoms with E-state index in [1.54, 1.807) is 0 Å². The third-order valence-electron chi connectivity index (χ3n) is 3.15. The Bertz CT molecular complexity index is 407. The Labute approximate surface area is 97.8 Å². The summed E-state index contributed by atoms with van der Waals surface area (Å²) in [6, 6.07) is 6.34. The number of nitrogens with two attached hydrogens (primary N) is 1. The number of nitrogen functional groups attached to an aromatic ring is 1. The van der Waals surface area contributed by atoms with Crippen molar-refractivity contribution in [2.75, 3.05) is 18.8 Å². The molecule has 1 aliphatic heterocycles. The van der Waals surface area contributed by atoms with Crippen molar-refractivity contribution in [2.45, 2.75) is 26.8 Å². The molecule has 2 N–H and O–H groups in total. The third kappa shape index (κ3) is 2.64. The molecule has 1 aromatic carbocycles. The molecule has 1 heterocycles. The summed E-state index contributed by atoms with van der Waals surface area (Å²) in [4.78, 5) is 2.49. The summed E-state index contributed by atoms with van der Waals surface area (Å²) in [6.07, 6.45) is 3.52. The van der Waals surface area contributed by atoms with E-state index < -0.39 is 0 Å². The summed E-state index contributed by atoms with van der Waals surface area (Å²) in [5, 5.41) is 0. The van der Waals surface area contributed by atoms with E-state index in [1.807, 2.05) is 6.07 Å². The summed E-state index contributed by atoms with van der Waals surface area (Å²) in [6.45, 7) is 7.58. The van der Waals surface area contributed by atoms with Crippen LogP contribution in [0.3, 0.4) is 0 Å². The fourth-order valence-corrected chi connectivity index (χ4v) is 2.22. The van der Waals surface area contributed by atoms with Crippen molar-refractivity contribution in [2.24, 2.45) is 0 Å². The predicted molar refractivity (Wildman–Crippen MR) is 69.2 cm³/mol. The first-order valence-electron chi connectivity index (χ1n) is 5.88. The normalized spacial score (nSPS) is 17.2. The Balaban J connectivity index is 2.04. The van der Waals surface area contributed by atoms with Crippen molar-refractivity contribution >= 4 is 5.69 Å². The van der Waals surface area contributed by atoms with Crippen LogP contribution in [0.15, 0.2) is 29.8 Å². The maximum atomic E-state index is 5.82. The average Bonchev–Trinajstić information content (AvgIpc) is 2.24. The van der Waals surface area contributed by atoms with Crippen molar-refractivity contribution in [1.29, 1.82) is 0 Å². The summed E-state index contributed by atoms with van der Waals surface area (Å²) in [5.74, 6) is 0. The second-order valence-electron chi connectivity index (χ2n) is 4.74. The Morgan fingerprint density at radius 2 is 2.12 bits per heavy atom. The smallest absolute Gasteiger partial charge is 0.0343 e. The Morgan fingerprint density at radius 1 is 1.31 bits per heavy atom.